The molecule has 0 aliphatic heterocycles. The van der Waals surface area contributed by atoms with Gasteiger partial charge in [0, 0.05) is 12.2 Å². The van der Waals surface area contributed by atoms with Crippen LogP contribution in [0.2, 0.25) is 0 Å². The summed E-state index contributed by atoms with van der Waals surface area (Å²) >= 11 is 0. The van der Waals surface area contributed by atoms with Crippen LogP contribution in [0.15, 0.2) is 36.7 Å². The number of aromatic nitrogens is 3. The SMILES string of the molecule is CCCCCCCCCCCCCCCCCCOC[C@H](COP(=O)(O)OC[C@@H](OC#N)[C@@H](O)[C@@H](O)c1ccc2c(N)ncnn12)OCc1c(F)cccc1C#N. The first-order valence-corrected chi connectivity index (χ1v) is 21.6. The Morgan fingerprint density at radius 3 is 2.11 bits per heavy atom. The lowest BCUT2D eigenvalue weighted by Crippen LogP contribution is -2.37. The van der Waals surface area contributed by atoms with Crippen molar-refractivity contribution in [3.63, 3.8) is 0 Å². The van der Waals surface area contributed by atoms with Gasteiger partial charge < -0.3 is 35.1 Å². The highest BCUT2D eigenvalue weighted by molar-refractivity contribution is 7.47. The van der Waals surface area contributed by atoms with E-state index in [9.17, 15) is 29.3 Å². The normalized spacial score (nSPS) is 14.7. The predicted molar refractivity (Wildman–Crippen MR) is 211 cm³/mol. The van der Waals surface area contributed by atoms with Crippen LogP contribution in [0.4, 0.5) is 10.2 Å². The first kappa shape index (κ1) is 47.7. The second-order valence-electron chi connectivity index (χ2n) is 14.1. The molecule has 3 rings (SSSR count). The van der Waals surface area contributed by atoms with Crippen LogP contribution >= 0.6 is 7.82 Å². The third-order valence-corrected chi connectivity index (χ3v) is 10.6. The van der Waals surface area contributed by atoms with Crippen LogP contribution in [-0.4, -0.2) is 74.4 Å². The number of phosphoric acid groups is 1. The number of unbranched alkanes of at least 4 members (excludes halogenated alkanes) is 15. The number of aliphatic hydroxyl groups excluding tert-OH is 2. The average molecular weight is 819 g/mol. The fourth-order valence-electron chi connectivity index (χ4n) is 6.35. The monoisotopic (exact) mass is 818 g/mol. The maximum atomic E-state index is 14.6. The largest absolute Gasteiger partial charge is 0.472 e. The molecule has 15 nitrogen and oxygen atoms in total. The summed E-state index contributed by atoms with van der Waals surface area (Å²) in [6.45, 7) is 0.862. The molecular weight excluding hydrogens is 758 g/mol. The van der Waals surface area contributed by atoms with E-state index in [1.807, 2.05) is 6.07 Å². The van der Waals surface area contributed by atoms with E-state index >= 15 is 0 Å². The highest BCUT2D eigenvalue weighted by Gasteiger charge is 2.35. The molecule has 1 unspecified atom stereocenters. The average Bonchev–Trinajstić information content (AvgIpc) is 3.65. The van der Waals surface area contributed by atoms with Crippen molar-refractivity contribution in [1.29, 1.82) is 10.5 Å². The second-order valence-corrected chi connectivity index (χ2v) is 15.6. The van der Waals surface area contributed by atoms with Crippen molar-refractivity contribution in [2.75, 3.05) is 32.2 Å². The minimum Gasteiger partial charge on any atom is -0.419 e. The van der Waals surface area contributed by atoms with Gasteiger partial charge >= 0.3 is 7.82 Å². The molecule has 0 aliphatic carbocycles. The summed E-state index contributed by atoms with van der Waals surface area (Å²) in [4.78, 5) is 14.4. The molecule has 0 aliphatic rings. The number of benzene rings is 1. The van der Waals surface area contributed by atoms with E-state index in [2.05, 4.69) is 17.0 Å². The van der Waals surface area contributed by atoms with Gasteiger partial charge in [-0.3, -0.25) is 9.05 Å². The summed E-state index contributed by atoms with van der Waals surface area (Å²) in [5.74, 6) is -0.524. The minimum absolute atomic E-state index is 0.0141. The van der Waals surface area contributed by atoms with Crippen LogP contribution in [0.3, 0.4) is 0 Å². The Bertz CT molecular complexity index is 1720. The number of hydrogen-bond acceptors (Lipinski definition) is 13. The summed E-state index contributed by atoms with van der Waals surface area (Å²) in [6, 6.07) is 8.92. The number of hydrogen-bond donors (Lipinski definition) is 4. The zero-order valence-electron chi connectivity index (χ0n) is 33.1. The van der Waals surface area contributed by atoms with E-state index in [0.717, 1.165) is 32.0 Å². The highest BCUT2D eigenvalue weighted by atomic mass is 31.2. The Morgan fingerprint density at radius 1 is 0.877 bits per heavy atom. The second kappa shape index (κ2) is 27.1. The maximum Gasteiger partial charge on any atom is 0.472 e. The molecule has 316 valence electrons. The van der Waals surface area contributed by atoms with Gasteiger partial charge in [-0.25, -0.2) is 18.5 Å². The summed E-state index contributed by atoms with van der Waals surface area (Å²) in [5, 5.41) is 44.3. The molecule has 5 atom stereocenters. The molecule has 5 N–H and O–H groups in total. The van der Waals surface area contributed by atoms with Crippen LogP contribution in [-0.2, 0) is 34.4 Å². The van der Waals surface area contributed by atoms with Gasteiger partial charge in [0.15, 0.2) is 11.9 Å². The lowest BCUT2D eigenvalue weighted by molar-refractivity contribution is -0.0821. The molecule has 0 saturated carbocycles. The number of nitrogens with zero attached hydrogens (tertiary/aromatic N) is 5. The number of nitrogen functional groups attached to an aromatic ring is 1. The van der Waals surface area contributed by atoms with Crippen LogP contribution in [0.1, 0.15) is 133 Å². The molecule has 17 heteroatoms. The number of ether oxygens (including phenoxy) is 3. The Kier molecular flexibility index (Phi) is 22.6. The number of fused-ring (bicyclic) bond motifs is 1. The summed E-state index contributed by atoms with van der Waals surface area (Å²) in [7, 11) is -4.89. The third kappa shape index (κ3) is 17.4. The smallest absolute Gasteiger partial charge is 0.419 e. The Balaban J connectivity index is 1.43. The molecule has 3 aromatic rings. The molecule has 1 aromatic carbocycles. The fraction of sp³-hybridized carbons (Fsp3) is 0.650. The van der Waals surface area contributed by atoms with Crippen molar-refractivity contribution in [1.82, 2.24) is 14.6 Å². The number of phosphoric ester groups is 1. The first-order valence-electron chi connectivity index (χ1n) is 20.1. The molecule has 0 bridgehead atoms. The minimum atomic E-state index is -4.89. The van der Waals surface area contributed by atoms with Gasteiger partial charge in [0.25, 0.3) is 6.26 Å². The zero-order chi connectivity index (χ0) is 41.3. The van der Waals surface area contributed by atoms with Crippen LogP contribution in [0.25, 0.3) is 5.52 Å². The first-order chi connectivity index (χ1) is 27.6. The van der Waals surface area contributed by atoms with Crippen LogP contribution in [0, 0.1) is 28.7 Å². The number of nitrogens with two attached hydrogens (primary N) is 1. The molecule has 0 amide bonds. The van der Waals surface area contributed by atoms with Gasteiger partial charge in [0.1, 0.15) is 36.0 Å². The van der Waals surface area contributed by atoms with E-state index in [4.69, 9.17) is 34.3 Å². The Labute approximate surface area is 335 Å². The van der Waals surface area contributed by atoms with Gasteiger partial charge in [0.2, 0.25) is 0 Å². The molecule has 2 heterocycles. The predicted octanol–water partition coefficient (Wildman–Crippen LogP) is 7.58. The van der Waals surface area contributed by atoms with Crippen molar-refractivity contribution in [3.05, 3.63) is 59.3 Å². The van der Waals surface area contributed by atoms with E-state index in [1.165, 1.54) is 118 Å². The lowest BCUT2D eigenvalue weighted by atomic mass is 10.0. The quantitative estimate of drug-likeness (QED) is 0.0271. The van der Waals surface area contributed by atoms with Gasteiger partial charge in [0.05, 0.1) is 43.8 Å². The van der Waals surface area contributed by atoms with Crippen LogP contribution in [0.5, 0.6) is 0 Å². The third-order valence-electron chi connectivity index (χ3n) is 9.70. The van der Waals surface area contributed by atoms with Gasteiger partial charge in [-0.15, -0.1) is 0 Å². The molecule has 2 aromatic heterocycles. The topological polar surface area (TPSA) is 228 Å². The number of anilines is 1. The molecule has 0 saturated heterocycles. The summed E-state index contributed by atoms with van der Waals surface area (Å²) < 4.78 is 55.4. The molecular formula is C40H60FN6O9P. The van der Waals surface area contributed by atoms with E-state index in [0.29, 0.717) is 12.1 Å². The summed E-state index contributed by atoms with van der Waals surface area (Å²) in [5.41, 5.74) is 6.36. The van der Waals surface area contributed by atoms with E-state index < -0.39 is 51.3 Å². The lowest BCUT2D eigenvalue weighted by Gasteiger charge is -2.25. The Morgan fingerprint density at radius 2 is 1.49 bits per heavy atom. The number of halogens is 1. The molecule has 0 fully saturated rings. The van der Waals surface area contributed by atoms with Crippen molar-refractivity contribution in [2.24, 2.45) is 0 Å². The van der Waals surface area contributed by atoms with Crippen molar-refractivity contribution in [2.45, 2.75) is 141 Å². The highest BCUT2D eigenvalue weighted by Crippen LogP contribution is 2.44. The number of rotatable bonds is 32. The van der Waals surface area contributed by atoms with Crippen LogP contribution < -0.4 is 5.73 Å². The van der Waals surface area contributed by atoms with Crippen molar-refractivity contribution < 1.29 is 47.3 Å². The molecule has 57 heavy (non-hydrogen) atoms. The Hall–Kier alpha value is -3.70. The zero-order valence-corrected chi connectivity index (χ0v) is 33.9. The number of nitriles is 2. The van der Waals surface area contributed by atoms with E-state index in [1.54, 1.807) is 0 Å². The maximum absolute atomic E-state index is 14.6. The van der Waals surface area contributed by atoms with Crippen molar-refractivity contribution in [3.8, 4) is 12.3 Å². The van der Waals surface area contributed by atoms with Gasteiger partial charge in [-0.2, -0.15) is 15.6 Å². The van der Waals surface area contributed by atoms with Crippen molar-refractivity contribution >= 4 is 19.2 Å². The summed E-state index contributed by atoms with van der Waals surface area (Å²) in [6.07, 6.45) is 16.3. The molecule has 0 spiro atoms. The molecule has 0 radical (unpaired) electrons. The standard InChI is InChI=1S/C40H60FN6O9P/c1-2-3-4-5-6-7-8-9-10-11-12-13-14-15-16-17-23-52-25-32(53-27-33-31(24-42)19-18-20-34(33)41)26-55-57(50,51)56-28-37(54-29-43)39(49)38(48)35-21-22-36-40(44)45-30-46-47(35)36/h18-22,30,32,37-39,48-49H,2-17,23,25-28H2,1H3,(H,50,51)(H2,44,45,46)/t32-,37-,38+,39-/m1/s1. The number of aliphatic hydroxyl groups is 2. The van der Waals surface area contributed by atoms with Gasteiger partial charge in [-0.1, -0.05) is 109 Å². The fourth-order valence-corrected chi connectivity index (χ4v) is 7.11. The van der Waals surface area contributed by atoms with E-state index in [-0.39, 0.29) is 35.9 Å². The van der Waals surface area contributed by atoms with Gasteiger partial charge in [-0.05, 0) is 30.7 Å².